The van der Waals surface area contributed by atoms with Gasteiger partial charge in [0.1, 0.15) is 17.1 Å². The Kier molecular flexibility index (Phi) is 4.22. The molecule has 2 saturated heterocycles. The average molecular weight is 372 g/mol. The Morgan fingerprint density at radius 2 is 2.15 bits per heavy atom. The van der Waals surface area contributed by atoms with E-state index in [2.05, 4.69) is 5.16 Å². The van der Waals surface area contributed by atoms with Gasteiger partial charge < -0.3 is 14.3 Å². The van der Waals surface area contributed by atoms with Crippen LogP contribution >= 0.6 is 0 Å². The molecule has 1 spiro atoms. The number of carbonyl (C=O) groups excluding carboxylic acids is 2. The predicted octanol–water partition coefficient (Wildman–Crippen LogP) is 1.69. The third-order valence-corrected chi connectivity index (χ3v) is 5.66. The molecule has 0 aliphatic carbocycles. The molecule has 27 heavy (non-hydrogen) atoms. The molecule has 2 fully saturated rings. The van der Waals surface area contributed by atoms with E-state index >= 15 is 0 Å². The van der Waals surface area contributed by atoms with Gasteiger partial charge in [-0.2, -0.15) is 0 Å². The van der Waals surface area contributed by atoms with Crippen LogP contribution in [0.4, 0.5) is 10.1 Å². The molecule has 0 saturated carbocycles. The van der Waals surface area contributed by atoms with Crippen LogP contribution in [0.1, 0.15) is 22.5 Å². The van der Waals surface area contributed by atoms with Gasteiger partial charge in [-0.25, -0.2) is 4.39 Å². The fraction of sp³-hybridized carbons (Fsp3) is 0.421. The number of rotatable bonds is 2. The first-order chi connectivity index (χ1) is 12.9. The maximum Gasteiger partial charge on any atom is 0.259 e. The first kappa shape index (κ1) is 17.7. The summed E-state index contributed by atoms with van der Waals surface area (Å²) in [5, 5.41) is 3.68. The smallest absolute Gasteiger partial charge is 0.259 e. The van der Waals surface area contributed by atoms with Gasteiger partial charge in [-0.05, 0) is 38.6 Å². The van der Waals surface area contributed by atoms with Gasteiger partial charge in [-0.3, -0.25) is 14.5 Å². The Morgan fingerprint density at radius 1 is 1.33 bits per heavy atom. The molecule has 2 aliphatic rings. The Morgan fingerprint density at radius 3 is 2.85 bits per heavy atom. The molecular formula is C19H21FN4O3. The van der Waals surface area contributed by atoms with E-state index in [0.717, 1.165) is 6.42 Å². The second kappa shape index (κ2) is 6.45. The molecule has 2 aromatic rings. The average Bonchev–Trinajstić information content (AvgIpc) is 3.25. The van der Waals surface area contributed by atoms with E-state index in [0.29, 0.717) is 36.6 Å². The Bertz CT molecular complexity index is 899. The van der Waals surface area contributed by atoms with Crippen LogP contribution in [0.5, 0.6) is 0 Å². The van der Waals surface area contributed by atoms with Crippen molar-refractivity contribution in [2.75, 3.05) is 38.1 Å². The molecular weight excluding hydrogens is 351 g/mol. The lowest BCUT2D eigenvalue weighted by Gasteiger charge is -2.46. The van der Waals surface area contributed by atoms with Crippen LogP contribution in [-0.4, -0.2) is 65.5 Å². The predicted molar refractivity (Wildman–Crippen MR) is 95.9 cm³/mol. The molecule has 1 aromatic carbocycles. The summed E-state index contributed by atoms with van der Waals surface area (Å²) >= 11 is 0. The zero-order valence-electron chi connectivity index (χ0n) is 15.3. The highest BCUT2D eigenvalue weighted by Gasteiger charge is 2.49. The third-order valence-electron chi connectivity index (χ3n) is 5.66. The SMILES string of the molecule is Cc1oncc1C(=O)N1CCC2(C1)CN(c1cccc(F)c1)C(=O)CN2C. The molecule has 8 heteroatoms. The van der Waals surface area contributed by atoms with E-state index in [1.807, 2.05) is 11.9 Å². The van der Waals surface area contributed by atoms with Gasteiger partial charge in [-0.1, -0.05) is 11.2 Å². The first-order valence-electron chi connectivity index (χ1n) is 8.87. The third kappa shape index (κ3) is 2.99. The van der Waals surface area contributed by atoms with Gasteiger partial charge in [0.2, 0.25) is 5.91 Å². The minimum Gasteiger partial charge on any atom is -0.361 e. The van der Waals surface area contributed by atoms with Crippen LogP contribution in [0.3, 0.4) is 0 Å². The van der Waals surface area contributed by atoms with E-state index in [9.17, 15) is 14.0 Å². The summed E-state index contributed by atoms with van der Waals surface area (Å²) in [6.07, 6.45) is 2.18. The van der Waals surface area contributed by atoms with Crippen molar-refractivity contribution in [3.63, 3.8) is 0 Å². The number of piperazine rings is 1. The highest BCUT2D eigenvalue weighted by Crippen LogP contribution is 2.34. The number of amides is 2. The second-order valence-electron chi connectivity index (χ2n) is 7.31. The summed E-state index contributed by atoms with van der Waals surface area (Å²) in [6, 6.07) is 6.06. The maximum atomic E-state index is 13.6. The molecule has 2 aliphatic heterocycles. The van der Waals surface area contributed by atoms with Gasteiger partial charge in [0.05, 0.1) is 18.3 Å². The van der Waals surface area contributed by atoms with Crippen molar-refractivity contribution in [2.24, 2.45) is 0 Å². The van der Waals surface area contributed by atoms with Crippen molar-refractivity contribution in [2.45, 2.75) is 18.9 Å². The molecule has 3 heterocycles. The lowest BCUT2D eigenvalue weighted by atomic mass is 9.92. The molecule has 0 radical (unpaired) electrons. The Hall–Kier alpha value is -2.74. The maximum absolute atomic E-state index is 13.6. The number of carbonyl (C=O) groups is 2. The van der Waals surface area contributed by atoms with Gasteiger partial charge in [0.25, 0.3) is 5.91 Å². The summed E-state index contributed by atoms with van der Waals surface area (Å²) in [5.74, 6) is -0.0736. The zero-order chi connectivity index (χ0) is 19.2. The van der Waals surface area contributed by atoms with Gasteiger partial charge in [0.15, 0.2) is 0 Å². The molecule has 2 amide bonds. The van der Waals surface area contributed by atoms with Crippen molar-refractivity contribution in [3.05, 3.63) is 47.6 Å². The molecule has 1 atom stereocenters. The molecule has 142 valence electrons. The summed E-state index contributed by atoms with van der Waals surface area (Å²) < 4.78 is 18.6. The summed E-state index contributed by atoms with van der Waals surface area (Å²) in [4.78, 5) is 30.8. The van der Waals surface area contributed by atoms with Crippen LogP contribution < -0.4 is 4.90 Å². The van der Waals surface area contributed by atoms with Crippen LogP contribution in [0.15, 0.2) is 35.0 Å². The quantitative estimate of drug-likeness (QED) is 0.802. The van der Waals surface area contributed by atoms with E-state index < -0.39 is 0 Å². The van der Waals surface area contributed by atoms with Gasteiger partial charge >= 0.3 is 0 Å². The summed E-state index contributed by atoms with van der Waals surface area (Å²) in [7, 11) is 1.90. The number of aromatic nitrogens is 1. The van der Waals surface area contributed by atoms with E-state index in [4.69, 9.17) is 4.52 Å². The standard InChI is InChI=1S/C19H21FN4O3/c1-13-16(9-21-27-13)18(26)23-7-6-19(11-23)12-24(17(25)10-22(19)2)15-5-3-4-14(20)8-15/h3-5,8-9H,6-7,10-12H2,1-2H3. The number of nitrogens with zero attached hydrogens (tertiary/aromatic N) is 4. The van der Waals surface area contributed by atoms with Crippen LogP contribution in [0, 0.1) is 12.7 Å². The summed E-state index contributed by atoms with van der Waals surface area (Å²) in [5.41, 5.74) is 0.650. The van der Waals surface area contributed by atoms with Crippen molar-refractivity contribution >= 4 is 17.5 Å². The number of likely N-dealkylation sites (N-methyl/N-ethyl adjacent to an activating group) is 1. The molecule has 0 N–H and O–H groups in total. The highest BCUT2D eigenvalue weighted by molar-refractivity contribution is 5.97. The van der Waals surface area contributed by atoms with Gasteiger partial charge in [0, 0.05) is 25.3 Å². The topological polar surface area (TPSA) is 69.9 Å². The highest BCUT2D eigenvalue weighted by atomic mass is 19.1. The van der Waals surface area contributed by atoms with Crippen molar-refractivity contribution < 1.29 is 18.5 Å². The molecule has 1 unspecified atom stereocenters. The lowest BCUT2D eigenvalue weighted by molar-refractivity contribution is -0.123. The largest absolute Gasteiger partial charge is 0.361 e. The molecule has 1 aromatic heterocycles. The van der Waals surface area contributed by atoms with E-state index in [1.54, 1.807) is 28.9 Å². The Labute approximate surface area is 156 Å². The van der Waals surface area contributed by atoms with Crippen molar-refractivity contribution in [1.82, 2.24) is 15.0 Å². The minimum absolute atomic E-state index is 0.0756. The van der Waals surface area contributed by atoms with E-state index in [-0.39, 0.29) is 29.7 Å². The number of aryl methyl sites for hydroxylation is 1. The molecule has 4 rings (SSSR count). The first-order valence-corrected chi connectivity index (χ1v) is 8.87. The normalized spacial score (nSPS) is 23.4. The van der Waals surface area contributed by atoms with Crippen molar-refractivity contribution in [3.8, 4) is 0 Å². The van der Waals surface area contributed by atoms with Gasteiger partial charge in [-0.15, -0.1) is 0 Å². The summed E-state index contributed by atoms with van der Waals surface area (Å²) in [6.45, 7) is 3.43. The number of halogens is 1. The molecule has 7 nitrogen and oxygen atoms in total. The van der Waals surface area contributed by atoms with Crippen LogP contribution in [-0.2, 0) is 4.79 Å². The van der Waals surface area contributed by atoms with Crippen LogP contribution in [0.25, 0.3) is 0 Å². The zero-order valence-corrected chi connectivity index (χ0v) is 15.3. The fourth-order valence-corrected chi connectivity index (χ4v) is 3.98. The Balaban J connectivity index is 1.58. The van der Waals surface area contributed by atoms with Crippen molar-refractivity contribution in [1.29, 1.82) is 0 Å². The number of hydrogen-bond donors (Lipinski definition) is 0. The van der Waals surface area contributed by atoms with Crippen LogP contribution in [0.2, 0.25) is 0 Å². The fourth-order valence-electron chi connectivity index (χ4n) is 3.98. The number of likely N-dealkylation sites (tertiary alicyclic amines) is 1. The number of anilines is 1. The lowest BCUT2D eigenvalue weighted by Crippen LogP contribution is -2.64. The minimum atomic E-state index is -0.376. The number of benzene rings is 1. The van der Waals surface area contributed by atoms with E-state index in [1.165, 1.54) is 18.3 Å². The number of hydrogen-bond acceptors (Lipinski definition) is 5. The second-order valence-corrected chi connectivity index (χ2v) is 7.31. The monoisotopic (exact) mass is 372 g/mol. The molecule has 0 bridgehead atoms.